The third kappa shape index (κ3) is 3.44. The second-order valence-electron chi connectivity index (χ2n) is 7.26. The number of thioether (sulfide) groups is 1. The Bertz CT molecular complexity index is 1550. The van der Waals surface area contributed by atoms with Gasteiger partial charge in [0.15, 0.2) is 10.8 Å². The lowest BCUT2D eigenvalue weighted by molar-refractivity contribution is 0.557. The number of H-pyrrole nitrogens is 1. The van der Waals surface area contributed by atoms with Crippen molar-refractivity contribution in [1.29, 1.82) is 0 Å². The molecule has 3 aromatic heterocycles. The van der Waals surface area contributed by atoms with E-state index in [1.165, 1.54) is 24.0 Å². The van der Waals surface area contributed by atoms with E-state index in [-0.39, 0.29) is 5.56 Å². The molecule has 0 unspecified atom stereocenters. The van der Waals surface area contributed by atoms with Crippen LogP contribution in [-0.2, 0) is 5.75 Å². The van der Waals surface area contributed by atoms with Crippen molar-refractivity contribution in [3.8, 4) is 5.69 Å². The van der Waals surface area contributed by atoms with E-state index in [1.807, 2.05) is 56.3 Å². The minimum atomic E-state index is -0.393. The van der Waals surface area contributed by atoms with Crippen LogP contribution in [0.15, 0.2) is 73.9 Å². The summed E-state index contributed by atoms with van der Waals surface area (Å²) in [4.78, 5) is 32.1. The van der Waals surface area contributed by atoms with Crippen LogP contribution in [-0.4, -0.2) is 19.7 Å². The Kier molecular flexibility index (Phi) is 4.71. The Labute approximate surface area is 180 Å². The highest BCUT2D eigenvalue weighted by molar-refractivity contribution is 7.98. The maximum atomic E-state index is 12.6. The molecule has 31 heavy (non-hydrogen) atoms. The molecule has 0 spiro atoms. The molecule has 5 aromatic rings. The van der Waals surface area contributed by atoms with Gasteiger partial charge in [0, 0.05) is 17.2 Å². The van der Waals surface area contributed by atoms with Crippen molar-refractivity contribution in [2.75, 3.05) is 0 Å². The van der Waals surface area contributed by atoms with Crippen molar-refractivity contribution in [3.05, 3.63) is 92.2 Å². The summed E-state index contributed by atoms with van der Waals surface area (Å²) >= 11 is 1.36. The Morgan fingerprint density at radius 2 is 1.87 bits per heavy atom. The molecule has 0 radical (unpaired) electrons. The quantitative estimate of drug-likeness (QED) is 0.262. The Balaban J connectivity index is 1.54. The highest BCUT2D eigenvalue weighted by Gasteiger charge is 2.14. The van der Waals surface area contributed by atoms with Crippen LogP contribution in [0.1, 0.15) is 16.7 Å². The van der Waals surface area contributed by atoms with Crippen LogP contribution < -0.4 is 11.2 Å². The Hall–Kier alpha value is -3.65. The number of para-hydroxylation sites is 1. The maximum absolute atomic E-state index is 12.6. The van der Waals surface area contributed by atoms with E-state index in [0.717, 1.165) is 27.8 Å². The summed E-state index contributed by atoms with van der Waals surface area (Å²) in [5.41, 5.74) is 4.10. The molecule has 3 heterocycles. The highest BCUT2D eigenvalue weighted by Crippen LogP contribution is 2.28. The van der Waals surface area contributed by atoms with Crippen molar-refractivity contribution in [3.63, 3.8) is 0 Å². The third-order valence-electron chi connectivity index (χ3n) is 5.30. The first-order valence-corrected chi connectivity index (χ1v) is 10.7. The SMILES string of the molecule is Cc1ccc2c(CSc3nc4c(cnn4-c4ccccc4)c(=O)[nH]3)cc(=O)oc2c1C. The topological polar surface area (TPSA) is 93.8 Å². The molecule has 7 nitrogen and oxygen atoms in total. The number of nitrogens with one attached hydrogen (secondary N) is 1. The van der Waals surface area contributed by atoms with Gasteiger partial charge in [0.1, 0.15) is 11.0 Å². The summed E-state index contributed by atoms with van der Waals surface area (Å²) < 4.78 is 7.09. The number of rotatable bonds is 4. The largest absolute Gasteiger partial charge is 0.422 e. The van der Waals surface area contributed by atoms with Crippen molar-refractivity contribution in [1.82, 2.24) is 19.7 Å². The lowest BCUT2D eigenvalue weighted by Gasteiger charge is -2.09. The van der Waals surface area contributed by atoms with Crippen LogP contribution in [0.25, 0.3) is 27.7 Å². The Morgan fingerprint density at radius 1 is 1.06 bits per heavy atom. The van der Waals surface area contributed by atoms with Crippen LogP contribution in [0.3, 0.4) is 0 Å². The van der Waals surface area contributed by atoms with Crippen molar-refractivity contribution in [2.45, 2.75) is 24.8 Å². The van der Waals surface area contributed by atoms with Gasteiger partial charge < -0.3 is 9.40 Å². The van der Waals surface area contributed by atoms with Crippen LogP contribution >= 0.6 is 11.8 Å². The predicted octanol–water partition coefficient (Wildman–Crippen LogP) is 4.12. The van der Waals surface area contributed by atoms with Gasteiger partial charge in [-0.15, -0.1) is 0 Å². The maximum Gasteiger partial charge on any atom is 0.336 e. The zero-order valence-electron chi connectivity index (χ0n) is 16.9. The third-order valence-corrected chi connectivity index (χ3v) is 6.22. The number of benzene rings is 2. The molecule has 0 aliphatic rings. The fourth-order valence-electron chi connectivity index (χ4n) is 3.51. The zero-order valence-corrected chi connectivity index (χ0v) is 17.7. The second kappa shape index (κ2) is 7.55. The van der Waals surface area contributed by atoms with E-state index in [0.29, 0.717) is 27.5 Å². The molecule has 8 heteroatoms. The van der Waals surface area contributed by atoms with E-state index < -0.39 is 5.63 Å². The second-order valence-corrected chi connectivity index (χ2v) is 8.23. The molecular weight excluding hydrogens is 412 g/mol. The van der Waals surface area contributed by atoms with Gasteiger partial charge in [0.05, 0.1) is 11.9 Å². The van der Waals surface area contributed by atoms with Gasteiger partial charge in [-0.3, -0.25) is 4.79 Å². The lowest BCUT2D eigenvalue weighted by atomic mass is 10.0. The minimum absolute atomic E-state index is 0.251. The van der Waals surface area contributed by atoms with Gasteiger partial charge >= 0.3 is 5.63 Å². The summed E-state index contributed by atoms with van der Waals surface area (Å²) in [6, 6.07) is 15.0. The van der Waals surface area contributed by atoms with Gasteiger partial charge in [-0.05, 0) is 42.7 Å². The summed E-state index contributed by atoms with van der Waals surface area (Å²) in [5.74, 6) is 0.457. The zero-order chi connectivity index (χ0) is 21.5. The van der Waals surface area contributed by atoms with Crippen molar-refractivity contribution >= 4 is 33.8 Å². The summed E-state index contributed by atoms with van der Waals surface area (Å²) in [6.07, 6.45) is 1.52. The molecule has 0 fully saturated rings. The average molecular weight is 430 g/mol. The number of hydrogen-bond donors (Lipinski definition) is 1. The fraction of sp³-hybridized carbons (Fsp3) is 0.130. The first-order valence-electron chi connectivity index (χ1n) is 9.70. The van der Waals surface area contributed by atoms with Gasteiger partial charge in [-0.1, -0.05) is 42.1 Å². The smallest absolute Gasteiger partial charge is 0.336 e. The summed E-state index contributed by atoms with van der Waals surface area (Å²) in [7, 11) is 0. The normalized spacial score (nSPS) is 11.4. The molecule has 5 rings (SSSR count). The molecule has 154 valence electrons. The van der Waals surface area contributed by atoms with Crippen molar-refractivity contribution < 1.29 is 4.42 Å². The van der Waals surface area contributed by atoms with Crippen molar-refractivity contribution in [2.24, 2.45) is 0 Å². The van der Waals surface area contributed by atoms with Gasteiger partial charge in [-0.25, -0.2) is 14.5 Å². The van der Waals surface area contributed by atoms with E-state index >= 15 is 0 Å². The summed E-state index contributed by atoms with van der Waals surface area (Å²) in [5, 5.41) is 6.09. The molecule has 1 N–H and O–H groups in total. The number of aromatic nitrogens is 4. The molecule has 0 bridgehead atoms. The van der Waals surface area contributed by atoms with Crippen LogP contribution in [0.5, 0.6) is 0 Å². The van der Waals surface area contributed by atoms with Gasteiger partial charge in [0.2, 0.25) is 0 Å². The number of fused-ring (bicyclic) bond motifs is 2. The Morgan fingerprint density at radius 3 is 2.68 bits per heavy atom. The van der Waals surface area contributed by atoms with E-state index in [4.69, 9.17) is 4.42 Å². The first-order chi connectivity index (χ1) is 15.0. The molecule has 0 amide bonds. The highest BCUT2D eigenvalue weighted by atomic mass is 32.2. The molecule has 0 saturated carbocycles. The summed E-state index contributed by atoms with van der Waals surface area (Å²) in [6.45, 7) is 3.92. The minimum Gasteiger partial charge on any atom is -0.422 e. The van der Waals surface area contributed by atoms with Gasteiger partial charge in [0.25, 0.3) is 5.56 Å². The van der Waals surface area contributed by atoms with E-state index in [1.54, 1.807) is 4.68 Å². The van der Waals surface area contributed by atoms with Crippen LogP contribution in [0.4, 0.5) is 0 Å². The predicted molar refractivity (Wildman–Crippen MR) is 121 cm³/mol. The molecular formula is C23H18N4O3S. The molecule has 0 saturated heterocycles. The standard InChI is InChI=1S/C23H18N4O3S/c1-13-8-9-17-15(10-19(28)30-20(17)14(13)2)12-31-23-25-21-18(22(29)26-23)11-24-27(21)16-6-4-3-5-7-16/h3-11H,12H2,1-2H3,(H,25,26,29). The average Bonchev–Trinajstić information content (AvgIpc) is 3.20. The molecule has 2 aromatic carbocycles. The molecule has 0 aliphatic carbocycles. The number of hydrogen-bond acceptors (Lipinski definition) is 6. The fourth-order valence-corrected chi connectivity index (χ4v) is 4.36. The van der Waals surface area contributed by atoms with E-state index in [2.05, 4.69) is 15.1 Å². The number of aryl methyl sites for hydroxylation is 2. The molecule has 0 aliphatic heterocycles. The van der Waals surface area contributed by atoms with Crippen LogP contribution in [0, 0.1) is 13.8 Å². The van der Waals surface area contributed by atoms with E-state index in [9.17, 15) is 9.59 Å². The number of aromatic amines is 1. The van der Waals surface area contributed by atoms with Crippen LogP contribution in [0.2, 0.25) is 0 Å². The lowest BCUT2D eigenvalue weighted by Crippen LogP contribution is -2.10. The monoisotopic (exact) mass is 430 g/mol. The number of nitrogens with zero attached hydrogens (tertiary/aromatic N) is 3. The van der Waals surface area contributed by atoms with Gasteiger partial charge in [-0.2, -0.15) is 5.10 Å². The first kappa shape index (κ1) is 19.3. The molecule has 0 atom stereocenters.